The molecule has 0 spiro atoms. The average molecular weight is 431 g/mol. The lowest BCUT2D eigenvalue weighted by molar-refractivity contribution is 0.114. The maximum Gasteiger partial charge on any atom is 0.247 e. The predicted octanol–water partition coefficient (Wildman–Crippen LogP) is 5.95. The maximum atomic E-state index is 6.51. The summed E-state index contributed by atoms with van der Waals surface area (Å²) in [5, 5.41) is 13.2. The molecule has 0 amide bonds. The Hall–Kier alpha value is -2.86. The van der Waals surface area contributed by atoms with Gasteiger partial charge in [-0.3, -0.25) is 0 Å². The molecule has 2 heterocycles. The van der Waals surface area contributed by atoms with Crippen LogP contribution >= 0.6 is 11.8 Å². The maximum absolute atomic E-state index is 6.51. The van der Waals surface area contributed by atoms with E-state index < -0.39 is 0 Å². The first kappa shape index (κ1) is 20.1. The second-order valence-electron chi connectivity index (χ2n) is 8.38. The fraction of sp³-hybridized carbons (Fsp3) is 0.320. The number of rotatable bonds is 4. The number of fused-ring (bicyclic) bond motifs is 3. The van der Waals surface area contributed by atoms with E-state index in [9.17, 15) is 0 Å². The highest BCUT2D eigenvalue weighted by atomic mass is 32.2. The Kier molecular flexibility index (Phi) is 5.64. The topological polar surface area (TPSA) is 59.9 Å². The minimum Gasteiger partial charge on any atom is -0.452 e. The Bertz CT molecular complexity index is 1100. The second-order valence-corrected chi connectivity index (χ2v) is 9.32. The number of anilines is 1. The van der Waals surface area contributed by atoms with Gasteiger partial charge in [0.2, 0.25) is 11.0 Å². The molecule has 1 aliphatic heterocycles. The quantitative estimate of drug-likeness (QED) is 0.407. The van der Waals surface area contributed by atoms with E-state index in [0.717, 1.165) is 29.8 Å². The third kappa shape index (κ3) is 4.30. The van der Waals surface area contributed by atoms with Crippen molar-refractivity contribution in [3.63, 3.8) is 0 Å². The van der Waals surface area contributed by atoms with Gasteiger partial charge < -0.3 is 10.1 Å². The molecule has 0 saturated carbocycles. The molecule has 0 bridgehead atoms. The number of thioether (sulfide) groups is 1. The zero-order valence-electron chi connectivity index (χ0n) is 17.8. The molecule has 0 saturated heterocycles. The fourth-order valence-corrected chi connectivity index (χ4v) is 5.11. The van der Waals surface area contributed by atoms with Crippen molar-refractivity contribution in [1.82, 2.24) is 15.2 Å². The fourth-order valence-electron chi connectivity index (χ4n) is 4.38. The van der Waals surface area contributed by atoms with Gasteiger partial charge in [0.25, 0.3) is 0 Å². The van der Waals surface area contributed by atoms with Crippen LogP contribution in [0.3, 0.4) is 0 Å². The summed E-state index contributed by atoms with van der Waals surface area (Å²) >= 11 is 1.58. The van der Waals surface area contributed by atoms with Crippen molar-refractivity contribution in [1.29, 1.82) is 0 Å². The summed E-state index contributed by atoms with van der Waals surface area (Å²) in [5.41, 5.74) is 5.39. The molecule has 3 aromatic rings. The van der Waals surface area contributed by atoms with Crippen LogP contribution in [0.5, 0.6) is 5.88 Å². The summed E-state index contributed by atoms with van der Waals surface area (Å²) in [6, 6.07) is 18.5. The first-order valence-corrected chi connectivity index (χ1v) is 11.8. The summed E-state index contributed by atoms with van der Waals surface area (Å²) in [7, 11) is 0. The molecule has 6 heteroatoms. The Morgan fingerprint density at radius 2 is 1.87 bits per heavy atom. The van der Waals surface area contributed by atoms with E-state index in [4.69, 9.17) is 9.72 Å². The van der Waals surface area contributed by atoms with E-state index >= 15 is 0 Å². The molecule has 5 rings (SSSR count). The summed E-state index contributed by atoms with van der Waals surface area (Å²) in [6.07, 6.45) is 4.27. The van der Waals surface area contributed by atoms with Gasteiger partial charge in [-0.05, 0) is 37.3 Å². The zero-order chi connectivity index (χ0) is 21.2. The highest BCUT2D eigenvalue weighted by molar-refractivity contribution is 7.98. The lowest BCUT2D eigenvalue weighted by Gasteiger charge is -2.34. The smallest absolute Gasteiger partial charge is 0.247 e. The van der Waals surface area contributed by atoms with Crippen molar-refractivity contribution in [3.8, 4) is 17.1 Å². The van der Waals surface area contributed by atoms with E-state index in [0.29, 0.717) is 28.6 Å². The minimum atomic E-state index is -0.162. The van der Waals surface area contributed by atoms with Crippen LogP contribution in [-0.2, 0) is 5.75 Å². The molecular weight excluding hydrogens is 404 g/mol. The lowest BCUT2D eigenvalue weighted by Crippen LogP contribution is -2.39. The third-order valence-corrected chi connectivity index (χ3v) is 6.98. The molecule has 31 heavy (non-hydrogen) atoms. The highest BCUT2D eigenvalue weighted by Crippen LogP contribution is 2.40. The number of ether oxygens (including phenoxy) is 1. The van der Waals surface area contributed by atoms with Gasteiger partial charge in [0.1, 0.15) is 0 Å². The van der Waals surface area contributed by atoms with Crippen molar-refractivity contribution in [2.45, 2.75) is 43.8 Å². The van der Waals surface area contributed by atoms with Gasteiger partial charge in [-0.1, -0.05) is 78.9 Å². The number of nitrogens with one attached hydrogen (secondary N) is 1. The second kappa shape index (κ2) is 8.71. The number of hydrogen-bond acceptors (Lipinski definition) is 6. The van der Waals surface area contributed by atoms with Gasteiger partial charge in [0, 0.05) is 22.9 Å². The van der Waals surface area contributed by atoms with Crippen LogP contribution in [0.4, 0.5) is 5.69 Å². The number of aromatic nitrogens is 3. The number of allylic oxidation sites excluding steroid dienone is 2. The first-order valence-electron chi connectivity index (χ1n) is 10.8. The lowest BCUT2D eigenvalue weighted by atomic mass is 9.80. The number of hydrogen-bond donors (Lipinski definition) is 1. The van der Waals surface area contributed by atoms with Crippen LogP contribution < -0.4 is 10.1 Å². The molecule has 2 aromatic carbocycles. The molecule has 0 unspecified atom stereocenters. The SMILES string of the molecule is CC1=CC[C@H]([C@@H]2Nc3ccccc3-c3nnc(SCc4ccccc4)nc3O2)[C@H](C)C1. The largest absolute Gasteiger partial charge is 0.452 e. The Labute approximate surface area is 187 Å². The molecular formula is C25H26N4OS. The van der Waals surface area contributed by atoms with Gasteiger partial charge in [-0.2, -0.15) is 4.98 Å². The molecule has 2 aliphatic rings. The molecule has 0 fully saturated rings. The monoisotopic (exact) mass is 430 g/mol. The van der Waals surface area contributed by atoms with E-state index in [1.54, 1.807) is 11.8 Å². The van der Waals surface area contributed by atoms with Crippen LogP contribution in [0, 0.1) is 11.8 Å². The minimum absolute atomic E-state index is 0.162. The van der Waals surface area contributed by atoms with Crippen molar-refractivity contribution in [3.05, 3.63) is 71.8 Å². The zero-order valence-corrected chi connectivity index (χ0v) is 18.6. The summed E-state index contributed by atoms with van der Waals surface area (Å²) < 4.78 is 6.51. The van der Waals surface area contributed by atoms with E-state index in [1.807, 2.05) is 30.3 Å². The van der Waals surface area contributed by atoms with Gasteiger partial charge in [-0.15, -0.1) is 10.2 Å². The van der Waals surface area contributed by atoms with Crippen molar-refractivity contribution in [2.24, 2.45) is 11.8 Å². The van der Waals surface area contributed by atoms with E-state index in [1.165, 1.54) is 11.1 Å². The molecule has 1 aliphatic carbocycles. The van der Waals surface area contributed by atoms with Gasteiger partial charge in [0.15, 0.2) is 11.9 Å². The Balaban J connectivity index is 1.46. The van der Waals surface area contributed by atoms with Crippen LogP contribution in [0.15, 0.2) is 71.4 Å². The average Bonchev–Trinajstić information content (AvgIpc) is 2.95. The predicted molar refractivity (Wildman–Crippen MR) is 125 cm³/mol. The molecule has 5 nitrogen and oxygen atoms in total. The third-order valence-electron chi connectivity index (χ3n) is 6.07. The Morgan fingerprint density at radius 3 is 2.71 bits per heavy atom. The normalized spacial score (nSPS) is 22.3. The number of nitrogens with zero attached hydrogens (tertiary/aromatic N) is 3. The molecule has 1 N–H and O–H groups in total. The van der Waals surface area contributed by atoms with E-state index in [2.05, 4.69) is 59.7 Å². The number of benzene rings is 2. The molecule has 1 aromatic heterocycles. The number of para-hydroxylation sites is 1. The van der Waals surface area contributed by atoms with Crippen LogP contribution in [0.2, 0.25) is 0 Å². The standard InChI is InChI=1S/C25H26N4OS/c1-16-12-13-19(17(2)14-16)23-26-21-11-7-6-10-20(21)22-24(30-23)27-25(29-28-22)31-15-18-8-4-3-5-9-18/h3-12,17,19,23,26H,13-15H2,1-2H3/t17-,19+,23-/m1/s1. The Morgan fingerprint density at radius 1 is 1.06 bits per heavy atom. The summed E-state index contributed by atoms with van der Waals surface area (Å²) in [5.74, 6) is 2.24. The van der Waals surface area contributed by atoms with Crippen molar-refractivity contribution in [2.75, 3.05) is 5.32 Å². The summed E-state index contributed by atoms with van der Waals surface area (Å²) in [6.45, 7) is 4.52. The van der Waals surface area contributed by atoms with E-state index in [-0.39, 0.29) is 6.23 Å². The first-order chi connectivity index (χ1) is 15.2. The van der Waals surface area contributed by atoms with Gasteiger partial charge in [0.05, 0.1) is 0 Å². The van der Waals surface area contributed by atoms with Gasteiger partial charge in [-0.25, -0.2) is 0 Å². The van der Waals surface area contributed by atoms with Crippen LogP contribution in [0.25, 0.3) is 11.3 Å². The van der Waals surface area contributed by atoms with Crippen molar-refractivity contribution >= 4 is 17.4 Å². The van der Waals surface area contributed by atoms with Crippen LogP contribution in [0.1, 0.15) is 32.3 Å². The molecule has 0 radical (unpaired) electrons. The van der Waals surface area contributed by atoms with Gasteiger partial charge >= 0.3 is 0 Å². The summed E-state index contributed by atoms with van der Waals surface area (Å²) in [4.78, 5) is 4.78. The highest BCUT2D eigenvalue weighted by Gasteiger charge is 2.34. The van der Waals surface area contributed by atoms with Crippen LogP contribution in [-0.4, -0.2) is 21.4 Å². The van der Waals surface area contributed by atoms with Crippen molar-refractivity contribution < 1.29 is 4.74 Å². The molecule has 3 atom stereocenters. The molecule has 158 valence electrons.